The van der Waals surface area contributed by atoms with Gasteiger partial charge in [0.25, 0.3) is 0 Å². The number of phenols is 1. The van der Waals surface area contributed by atoms with Gasteiger partial charge in [0.1, 0.15) is 11.6 Å². The summed E-state index contributed by atoms with van der Waals surface area (Å²) in [4.78, 5) is 4.41. The van der Waals surface area contributed by atoms with Crippen LogP contribution in [0, 0.1) is 0 Å². The monoisotopic (exact) mass is 310 g/mol. The molecule has 3 aromatic rings. The Hall–Kier alpha value is -2.95. The lowest BCUT2D eigenvalue weighted by Crippen LogP contribution is -2.02. The molecule has 0 atom stereocenters. The molecule has 0 bridgehead atoms. The Morgan fingerprint density at radius 2 is 1.74 bits per heavy atom. The van der Waals surface area contributed by atoms with E-state index in [1.54, 1.807) is 32.5 Å². The smallest absolute Gasteiger partial charge is 0.161 e. The van der Waals surface area contributed by atoms with Crippen LogP contribution in [-0.2, 0) is 6.54 Å². The van der Waals surface area contributed by atoms with Gasteiger partial charge in [-0.15, -0.1) is 0 Å². The maximum atomic E-state index is 9.41. The molecule has 0 amide bonds. The minimum Gasteiger partial charge on any atom is -0.508 e. The van der Waals surface area contributed by atoms with Crippen LogP contribution < -0.4 is 9.47 Å². The second kappa shape index (κ2) is 6.44. The number of phenolic OH excluding ortho intramolecular Hbond substituents is 1. The van der Waals surface area contributed by atoms with E-state index in [0.29, 0.717) is 18.0 Å². The number of benzene rings is 2. The first-order chi connectivity index (χ1) is 11.2. The zero-order valence-corrected chi connectivity index (χ0v) is 13.1. The molecule has 0 radical (unpaired) electrons. The van der Waals surface area contributed by atoms with E-state index in [2.05, 4.69) is 4.98 Å². The summed E-state index contributed by atoms with van der Waals surface area (Å²) in [7, 11) is 3.25. The van der Waals surface area contributed by atoms with Crippen molar-refractivity contribution in [1.29, 1.82) is 0 Å². The van der Waals surface area contributed by atoms with Crippen LogP contribution in [-0.4, -0.2) is 28.9 Å². The molecule has 0 spiro atoms. The zero-order valence-electron chi connectivity index (χ0n) is 13.1. The number of ether oxygens (including phenoxy) is 2. The van der Waals surface area contributed by atoms with Crippen LogP contribution in [0.3, 0.4) is 0 Å². The van der Waals surface area contributed by atoms with E-state index in [1.807, 2.05) is 41.1 Å². The van der Waals surface area contributed by atoms with Gasteiger partial charge in [-0.2, -0.15) is 0 Å². The van der Waals surface area contributed by atoms with Crippen molar-refractivity contribution in [2.45, 2.75) is 6.54 Å². The highest BCUT2D eigenvalue weighted by Gasteiger charge is 2.09. The first-order valence-corrected chi connectivity index (χ1v) is 7.22. The van der Waals surface area contributed by atoms with Crippen molar-refractivity contribution in [2.75, 3.05) is 14.2 Å². The van der Waals surface area contributed by atoms with Crippen LogP contribution in [0.4, 0.5) is 0 Å². The number of nitrogens with zero attached hydrogens (tertiary/aromatic N) is 2. The number of methoxy groups -OCH3 is 2. The lowest BCUT2D eigenvalue weighted by molar-refractivity contribution is 0.354. The number of aromatic hydroxyl groups is 1. The molecule has 0 aliphatic carbocycles. The molecule has 5 heteroatoms. The summed E-state index contributed by atoms with van der Waals surface area (Å²) in [5.41, 5.74) is 2.04. The topological polar surface area (TPSA) is 56.5 Å². The molecular formula is C18H18N2O3. The normalized spacial score (nSPS) is 10.5. The fourth-order valence-corrected chi connectivity index (χ4v) is 2.48. The lowest BCUT2D eigenvalue weighted by atomic mass is 10.1. The van der Waals surface area contributed by atoms with E-state index in [4.69, 9.17) is 9.47 Å². The van der Waals surface area contributed by atoms with Crippen molar-refractivity contribution >= 4 is 0 Å². The van der Waals surface area contributed by atoms with Crippen molar-refractivity contribution in [3.63, 3.8) is 0 Å². The molecule has 0 fully saturated rings. The third-order valence-electron chi connectivity index (χ3n) is 3.64. The second-order valence-corrected chi connectivity index (χ2v) is 5.11. The van der Waals surface area contributed by atoms with Crippen molar-refractivity contribution in [3.8, 4) is 28.6 Å². The molecule has 1 aromatic heterocycles. The zero-order chi connectivity index (χ0) is 16.2. The van der Waals surface area contributed by atoms with Crippen LogP contribution in [0.2, 0.25) is 0 Å². The molecule has 0 aliphatic heterocycles. The first kappa shape index (κ1) is 15.0. The average Bonchev–Trinajstić information content (AvgIpc) is 3.03. The Bertz CT molecular complexity index is 794. The van der Waals surface area contributed by atoms with Crippen LogP contribution in [0.25, 0.3) is 11.4 Å². The number of aromatic nitrogens is 2. The van der Waals surface area contributed by atoms with E-state index in [1.165, 1.54) is 0 Å². The highest BCUT2D eigenvalue weighted by atomic mass is 16.5. The number of rotatable bonds is 5. The second-order valence-electron chi connectivity index (χ2n) is 5.11. The average molecular weight is 310 g/mol. The van der Waals surface area contributed by atoms with Gasteiger partial charge in [0.15, 0.2) is 11.5 Å². The Morgan fingerprint density at radius 1 is 1.00 bits per heavy atom. The van der Waals surface area contributed by atoms with Crippen LogP contribution in [0.1, 0.15) is 5.56 Å². The SMILES string of the molecule is COc1ccc(Cn2ccnc2-c2ccc(O)cc2)cc1OC. The van der Waals surface area contributed by atoms with Gasteiger partial charge in [-0.25, -0.2) is 4.98 Å². The maximum Gasteiger partial charge on any atom is 0.161 e. The van der Waals surface area contributed by atoms with Crippen molar-refractivity contribution in [2.24, 2.45) is 0 Å². The molecule has 0 aliphatic rings. The van der Waals surface area contributed by atoms with E-state index in [-0.39, 0.29) is 5.75 Å². The van der Waals surface area contributed by atoms with E-state index < -0.39 is 0 Å². The minimum absolute atomic E-state index is 0.242. The fourth-order valence-electron chi connectivity index (χ4n) is 2.48. The van der Waals surface area contributed by atoms with Crippen LogP contribution >= 0.6 is 0 Å². The quantitative estimate of drug-likeness (QED) is 0.785. The summed E-state index contributed by atoms with van der Waals surface area (Å²) in [6, 6.07) is 12.9. The van der Waals surface area contributed by atoms with Crippen LogP contribution in [0.5, 0.6) is 17.2 Å². The maximum absolute atomic E-state index is 9.41. The molecule has 118 valence electrons. The number of imidazole rings is 1. The molecule has 3 rings (SSSR count). The van der Waals surface area contributed by atoms with Gasteiger partial charge in [-0.05, 0) is 42.0 Å². The molecule has 0 saturated carbocycles. The molecule has 0 unspecified atom stereocenters. The number of hydrogen-bond acceptors (Lipinski definition) is 4. The number of hydrogen-bond donors (Lipinski definition) is 1. The predicted octanol–water partition coefficient (Wildman–Crippen LogP) is 3.32. The predicted molar refractivity (Wildman–Crippen MR) is 88.0 cm³/mol. The van der Waals surface area contributed by atoms with Gasteiger partial charge in [-0.1, -0.05) is 6.07 Å². The molecule has 1 N–H and O–H groups in total. The minimum atomic E-state index is 0.242. The summed E-state index contributed by atoms with van der Waals surface area (Å²) in [6.07, 6.45) is 3.70. The van der Waals surface area contributed by atoms with Crippen molar-refractivity contribution in [3.05, 3.63) is 60.4 Å². The standard InChI is InChI=1S/C18H18N2O3/c1-22-16-8-3-13(11-17(16)23-2)12-20-10-9-19-18(20)14-4-6-15(21)7-5-14/h3-11,21H,12H2,1-2H3. The van der Waals surface area contributed by atoms with E-state index >= 15 is 0 Å². The third-order valence-corrected chi connectivity index (χ3v) is 3.64. The molecule has 5 nitrogen and oxygen atoms in total. The summed E-state index contributed by atoms with van der Waals surface area (Å²) >= 11 is 0. The highest BCUT2D eigenvalue weighted by molar-refractivity contribution is 5.57. The van der Waals surface area contributed by atoms with Gasteiger partial charge < -0.3 is 19.1 Å². The largest absolute Gasteiger partial charge is 0.508 e. The fraction of sp³-hybridized carbons (Fsp3) is 0.167. The molecule has 2 aromatic carbocycles. The molecule has 1 heterocycles. The Labute approximate surface area is 134 Å². The Kier molecular flexibility index (Phi) is 4.19. The van der Waals surface area contributed by atoms with Gasteiger partial charge in [-0.3, -0.25) is 0 Å². The van der Waals surface area contributed by atoms with Gasteiger partial charge in [0.2, 0.25) is 0 Å². The van der Waals surface area contributed by atoms with Crippen LogP contribution in [0.15, 0.2) is 54.9 Å². The van der Waals surface area contributed by atoms with Gasteiger partial charge in [0, 0.05) is 24.5 Å². The lowest BCUT2D eigenvalue weighted by Gasteiger charge is -2.12. The van der Waals surface area contributed by atoms with E-state index in [0.717, 1.165) is 17.0 Å². The summed E-state index contributed by atoms with van der Waals surface area (Å²) < 4.78 is 12.7. The Morgan fingerprint density at radius 3 is 2.43 bits per heavy atom. The third kappa shape index (κ3) is 3.13. The Balaban J connectivity index is 1.90. The van der Waals surface area contributed by atoms with Crippen molar-refractivity contribution in [1.82, 2.24) is 9.55 Å². The van der Waals surface area contributed by atoms with E-state index in [9.17, 15) is 5.11 Å². The summed E-state index contributed by atoms with van der Waals surface area (Å²) in [6.45, 7) is 0.663. The molecule has 0 saturated heterocycles. The molecule has 23 heavy (non-hydrogen) atoms. The van der Waals surface area contributed by atoms with Gasteiger partial charge >= 0.3 is 0 Å². The highest BCUT2D eigenvalue weighted by Crippen LogP contribution is 2.28. The first-order valence-electron chi connectivity index (χ1n) is 7.22. The van der Waals surface area contributed by atoms with Gasteiger partial charge in [0.05, 0.1) is 14.2 Å². The summed E-state index contributed by atoms with van der Waals surface area (Å²) in [5.74, 6) is 2.50. The van der Waals surface area contributed by atoms with Crippen molar-refractivity contribution < 1.29 is 14.6 Å². The molecular weight excluding hydrogens is 292 g/mol. The summed E-state index contributed by atoms with van der Waals surface area (Å²) in [5, 5.41) is 9.41.